The van der Waals surface area contributed by atoms with Gasteiger partial charge in [-0.15, -0.1) is 0 Å². The van der Waals surface area contributed by atoms with Crippen LogP contribution >= 0.6 is 0 Å². The first-order chi connectivity index (χ1) is 32.3. The number of aromatic nitrogens is 1. The number of anilines is 2. The zero-order valence-corrected chi connectivity index (χ0v) is 36.6. The van der Waals surface area contributed by atoms with E-state index in [1.165, 1.54) is 70.4 Å². The number of rotatable bonds is 7. The maximum absolute atomic E-state index is 7.40. The number of benzene rings is 10. The molecule has 5 heteroatoms. The third-order valence-corrected chi connectivity index (χ3v) is 18.6. The van der Waals surface area contributed by atoms with Crippen LogP contribution < -0.4 is 41.2 Å². The summed E-state index contributed by atoms with van der Waals surface area (Å²) in [6, 6.07) is 91.6. The van der Waals surface area contributed by atoms with E-state index in [1.807, 2.05) is 0 Å². The Balaban J connectivity index is 1.08. The number of fused-ring (bicyclic) bond motifs is 7. The molecule has 0 amide bonds. The summed E-state index contributed by atoms with van der Waals surface area (Å²) in [6.45, 7) is -0.135. The van der Waals surface area contributed by atoms with Crippen LogP contribution in [0.1, 0.15) is 0 Å². The standard InChI is InChI=1S/C60H41BN2OSi/c1-5-21-43(22-6-1)63-56-35-19-15-32-51(56)52-39-42(48-29-16-20-36-59(48)65(45-23-7-2-8-24-45,46-25-9-3-10-26-46)47-27-11-4-12-28-47)40-58-60(52)61(63)53-38-37-44(41-57(53)64-58)62-54-33-17-13-30-49(54)50-31-14-18-34-55(50)62/h1-41H. The summed E-state index contributed by atoms with van der Waals surface area (Å²) < 4.78 is 9.78. The Kier molecular flexibility index (Phi) is 8.65. The van der Waals surface area contributed by atoms with Crippen molar-refractivity contribution >= 4 is 79.8 Å². The van der Waals surface area contributed by atoms with Crippen molar-refractivity contribution in [2.75, 3.05) is 4.81 Å². The van der Waals surface area contributed by atoms with Gasteiger partial charge >= 0.3 is 6.85 Å². The minimum absolute atomic E-state index is 0.135. The van der Waals surface area contributed by atoms with Gasteiger partial charge in [0.25, 0.3) is 0 Å². The second-order valence-electron chi connectivity index (χ2n) is 17.1. The van der Waals surface area contributed by atoms with Gasteiger partial charge in [-0.05, 0) is 91.4 Å². The molecule has 3 heterocycles. The average Bonchev–Trinajstić information content (AvgIpc) is 3.72. The Labute approximate surface area is 380 Å². The van der Waals surface area contributed by atoms with Crippen molar-refractivity contribution in [2.45, 2.75) is 0 Å². The van der Waals surface area contributed by atoms with Crippen molar-refractivity contribution in [2.24, 2.45) is 0 Å². The molecule has 2 aliphatic heterocycles. The Morgan fingerprint density at radius 2 is 0.908 bits per heavy atom. The Morgan fingerprint density at radius 1 is 0.385 bits per heavy atom. The first-order valence-corrected chi connectivity index (χ1v) is 24.5. The predicted octanol–water partition coefficient (Wildman–Crippen LogP) is 10.9. The number of hydrogen-bond acceptors (Lipinski definition) is 2. The maximum Gasteiger partial charge on any atom is 0.336 e. The van der Waals surface area contributed by atoms with Crippen LogP contribution in [0.25, 0.3) is 49.7 Å². The molecule has 10 aromatic carbocycles. The molecule has 3 nitrogen and oxygen atoms in total. The third-order valence-electron chi connectivity index (χ3n) is 13.8. The molecule has 0 aliphatic carbocycles. The SMILES string of the molecule is c1ccc(N2B3c4ccc(-n5c6ccccc6c6ccccc65)cc4Oc4cc(-c5ccccc5[Si](c5ccccc5)(c5ccccc5)c5ccccc5)cc(c43)-c3ccccc32)cc1. The van der Waals surface area contributed by atoms with Crippen molar-refractivity contribution in [3.63, 3.8) is 0 Å². The molecule has 0 spiro atoms. The number of ether oxygens (including phenoxy) is 1. The fourth-order valence-corrected chi connectivity index (χ4v) is 16.1. The van der Waals surface area contributed by atoms with E-state index in [4.69, 9.17) is 4.74 Å². The minimum atomic E-state index is -2.91. The first kappa shape index (κ1) is 37.4. The molecule has 0 unspecified atom stereocenters. The third kappa shape index (κ3) is 5.69. The molecular weight excluding hydrogens is 804 g/mol. The Bertz CT molecular complexity index is 3440. The van der Waals surface area contributed by atoms with Crippen molar-refractivity contribution < 1.29 is 4.74 Å². The van der Waals surface area contributed by atoms with Gasteiger partial charge in [-0.3, -0.25) is 0 Å². The average molecular weight is 845 g/mol. The quantitative estimate of drug-likeness (QED) is 0.117. The summed E-state index contributed by atoms with van der Waals surface area (Å²) >= 11 is 0. The van der Waals surface area contributed by atoms with Crippen LogP contribution in [0.15, 0.2) is 249 Å². The molecule has 2 aliphatic rings. The number of para-hydroxylation sites is 4. The summed E-state index contributed by atoms with van der Waals surface area (Å²) in [4.78, 5) is 2.52. The highest BCUT2D eigenvalue weighted by molar-refractivity contribution is 7.20. The van der Waals surface area contributed by atoms with Gasteiger partial charge < -0.3 is 14.1 Å². The molecule has 0 fully saturated rings. The van der Waals surface area contributed by atoms with Gasteiger partial charge in [0.2, 0.25) is 0 Å². The molecular formula is C60H41BN2OSi. The lowest BCUT2D eigenvalue weighted by Gasteiger charge is -2.42. The summed E-state index contributed by atoms with van der Waals surface area (Å²) in [6.07, 6.45) is 0. The highest BCUT2D eigenvalue weighted by Gasteiger charge is 2.46. The minimum Gasteiger partial charge on any atom is -0.458 e. The predicted molar refractivity (Wildman–Crippen MR) is 275 cm³/mol. The smallest absolute Gasteiger partial charge is 0.336 e. The van der Waals surface area contributed by atoms with Gasteiger partial charge in [0.05, 0.1) is 11.0 Å². The Hall–Kier alpha value is -8.12. The van der Waals surface area contributed by atoms with Crippen LogP contribution in [0.3, 0.4) is 0 Å². The van der Waals surface area contributed by atoms with Crippen LogP contribution in [0.2, 0.25) is 0 Å². The maximum atomic E-state index is 7.40. The second kappa shape index (κ2) is 15.0. The van der Waals surface area contributed by atoms with Gasteiger partial charge in [0, 0.05) is 44.9 Å². The molecule has 65 heavy (non-hydrogen) atoms. The van der Waals surface area contributed by atoms with Crippen molar-refractivity contribution in [3.8, 4) is 39.4 Å². The molecule has 304 valence electrons. The monoisotopic (exact) mass is 844 g/mol. The summed E-state index contributed by atoms with van der Waals surface area (Å²) in [5.74, 6) is 1.74. The molecule has 1 aromatic heterocycles. The van der Waals surface area contributed by atoms with Crippen LogP contribution in [0.4, 0.5) is 11.4 Å². The van der Waals surface area contributed by atoms with E-state index >= 15 is 0 Å². The number of nitrogens with zero attached hydrogens (tertiary/aromatic N) is 2. The lowest BCUT2D eigenvalue weighted by molar-refractivity contribution is 0.487. The van der Waals surface area contributed by atoms with E-state index in [-0.39, 0.29) is 6.85 Å². The molecule has 0 radical (unpaired) electrons. The molecule has 0 atom stereocenters. The van der Waals surface area contributed by atoms with E-state index in [0.29, 0.717) is 0 Å². The lowest BCUT2D eigenvalue weighted by Crippen LogP contribution is -2.75. The molecule has 13 rings (SSSR count). The van der Waals surface area contributed by atoms with Gasteiger partial charge in [0.1, 0.15) is 11.5 Å². The molecule has 0 saturated heterocycles. The summed E-state index contributed by atoms with van der Waals surface area (Å²) in [7, 11) is -2.91. The van der Waals surface area contributed by atoms with Crippen LogP contribution in [-0.4, -0.2) is 19.5 Å². The van der Waals surface area contributed by atoms with Gasteiger partial charge in [-0.25, -0.2) is 0 Å². The van der Waals surface area contributed by atoms with Crippen LogP contribution in [0.5, 0.6) is 11.5 Å². The van der Waals surface area contributed by atoms with Crippen LogP contribution in [0, 0.1) is 0 Å². The first-order valence-electron chi connectivity index (χ1n) is 22.5. The van der Waals surface area contributed by atoms with Gasteiger partial charge in [-0.2, -0.15) is 0 Å². The van der Waals surface area contributed by atoms with E-state index < -0.39 is 8.07 Å². The van der Waals surface area contributed by atoms with E-state index in [0.717, 1.165) is 33.9 Å². The largest absolute Gasteiger partial charge is 0.458 e. The fourth-order valence-electron chi connectivity index (χ4n) is 11.1. The van der Waals surface area contributed by atoms with Crippen molar-refractivity contribution in [1.29, 1.82) is 0 Å². The zero-order valence-electron chi connectivity index (χ0n) is 35.6. The molecule has 11 aromatic rings. The van der Waals surface area contributed by atoms with Crippen molar-refractivity contribution in [1.82, 2.24) is 4.57 Å². The number of hydrogen-bond donors (Lipinski definition) is 0. The molecule has 0 N–H and O–H groups in total. The highest BCUT2D eigenvalue weighted by atomic mass is 28.3. The van der Waals surface area contributed by atoms with E-state index in [1.54, 1.807) is 0 Å². The second-order valence-corrected chi connectivity index (χ2v) is 20.9. The van der Waals surface area contributed by atoms with E-state index in [9.17, 15) is 0 Å². The van der Waals surface area contributed by atoms with Crippen molar-refractivity contribution in [3.05, 3.63) is 249 Å². The van der Waals surface area contributed by atoms with Gasteiger partial charge in [0.15, 0.2) is 8.07 Å². The lowest BCUT2D eigenvalue weighted by atomic mass is 9.44. The zero-order chi connectivity index (χ0) is 42.9. The fraction of sp³-hybridized carbons (Fsp3) is 0. The summed E-state index contributed by atoms with van der Waals surface area (Å²) in [5.41, 5.74) is 12.8. The topological polar surface area (TPSA) is 17.4 Å². The normalized spacial score (nSPS) is 12.7. The Morgan fingerprint density at radius 3 is 1.54 bits per heavy atom. The molecule has 0 saturated carbocycles. The van der Waals surface area contributed by atoms with Gasteiger partial charge in [-0.1, -0.05) is 194 Å². The molecule has 0 bridgehead atoms. The highest BCUT2D eigenvalue weighted by Crippen LogP contribution is 2.46. The summed E-state index contributed by atoms with van der Waals surface area (Å²) in [5, 5.41) is 7.84. The van der Waals surface area contributed by atoms with Crippen LogP contribution in [-0.2, 0) is 0 Å². The van der Waals surface area contributed by atoms with E-state index in [2.05, 4.69) is 258 Å².